The molecule has 0 aliphatic carbocycles. The van der Waals surface area contributed by atoms with Crippen LogP contribution in [0.1, 0.15) is 26.2 Å². The highest BCUT2D eigenvalue weighted by atomic mass is 16.3. The fourth-order valence-corrected chi connectivity index (χ4v) is 1.95. The molecule has 0 aromatic carbocycles. The van der Waals surface area contributed by atoms with Gasteiger partial charge in [0.15, 0.2) is 0 Å². The monoisotopic (exact) mass is 214 g/mol. The van der Waals surface area contributed by atoms with Crippen LogP contribution in [0.15, 0.2) is 0 Å². The van der Waals surface area contributed by atoms with Gasteiger partial charge in [0.25, 0.3) is 0 Å². The number of aliphatic hydroxyl groups excluding tert-OH is 1. The number of carbonyl (C=O) groups is 1. The van der Waals surface area contributed by atoms with Crippen molar-refractivity contribution in [2.24, 2.45) is 5.92 Å². The van der Waals surface area contributed by atoms with Crippen molar-refractivity contribution in [3.05, 3.63) is 0 Å². The SMILES string of the molecule is CCN1CCC(CNC(=O)CCCO)C1. The van der Waals surface area contributed by atoms with E-state index >= 15 is 0 Å². The molecule has 15 heavy (non-hydrogen) atoms. The van der Waals surface area contributed by atoms with E-state index in [-0.39, 0.29) is 12.5 Å². The molecule has 2 N–H and O–H groups in total. The van der Waals surface area contributed by atoms with E-state index in [0.29, 0.717) is 18.8 Å². The third kappa shape index (κ3) is 4.62. The lowest BCUT2D eigenvalue weighted by molar-refractivity contribution is -0.121. The third-order valence-electron chi connectivity index (χ3n) is 2.97. The van der Waals surface area contributed by atoms with Crippen LogP contribution in [-0.4, -0.2) is 48.7 Å². The molecule has 4 heteroatoms. The molecule has 1 unspecified atom stereocenters. The van der Waals surface area contributed by atoms with Gasteiger partial charge in [-0.3, -0.25) is 4.79 Å². The molecule has 1 aliphatic rings. The largest absolute Gasteiger partial charge is 0.396 e. The molecule has 0 radical (unpaired) electrons. The highest BCUT2D eigenvalue weighted by Gasteiger charge is 2.21. The molecule has 1 atom stereocenters. The molecule has 0 saturated carbocycles. The van der Waals surface area contributed by atoms with Crippen LogP contribution in [0.3, 0.4) is 0 Å². The maximum absolute atomic E-state index is 11.3. The predicted octanol–water partition coefficient (Wildman–Crippen LogP) is 0.217. The lowest BCUT2D eigenvalue weighted by Gasteiger charge is -2.13. The van der Waals surface area contributed by atoms with Gasteiger partial charge in [-0.15, -0.1) is 0 Å². The van der Waals surface area contributed by atoms with Gasteiger partial charge >= 0.3 is 0 Å². The van der Waals surface area contributed by atoms with Gasteiger partial charge in [-0.2, -0.15) is 0 Å². The van der Waals surface area contributed by atoms with E-state index in [4.69, 9.17) is 5.11 Å². The molecule has 1 saturated heterocycles. The summed E-state index contributed by atoms with van der Waals surface area (Å²) in [7, 11) is 0. The number of aliphatic hydroxyl groups is 1. The van der Waals surface area contributed by atoms with Crippen molar-refractivity contribution in [3.63, 3.8) is 0 Å². The molecule has 1 fully saturated rings. The molecule has 1 aliphatic heterocycles. The molecule has 4 nitrogen and oxygen atoms in total. The van der Waals surface area contributed by atoms with E-state index in [9.17, 15) is 4.79 Å². The average molecular weight is 214 g/mol. The van der Waals surface area contributed by atoms with Crippen LogP contribution in [0, 0.1) is 5.92 Å². The van der Waals surface area contributed by atoms with Crippen LogP contribution in [-0.2, 0) is 4.79 Å². The minimum Gasteiger partial charge on any atom is -0.396 e. The number of nitrogens with zero attached hydrogens (tertiary/aromatic N) is 1. The molecule has 0 spiro atoms. The van der Waals surface area contributed by atoms with Crippen LogP contribution in [0.2, 0.25) is 0 Å². The average Bonchev–Trinajstić information content (AvgIpc) is 2.71. The fraction of sp³-hybridized carbons (Fsp3) is 0.909. The fourth-order valence-electron chi connectivity index (χ4n) is 1.95. The van der Waals surface area contributed by atoms with E-state index < -0.39 is 0 Å². The first-order valence-electron chi connectivity index (χ1n) is 5.86. The zero-order valence-corrected chi connectivity index (χ0v) is 9.54. The zero-order chi connectivity index (χ0) is 11.1. The van der Waals surface area contributed by atoms with Crippen LogP contribution in [0.25, 0.3) is 0 Å². The molecule has 1 heterocycles. The Hall–Kier alpha value is -0.610. The van der Waals surface area contributed by atoms with Crippen molar-refractivity contribution in [1.29, 1.82) is 0 Å². The van der Waals surface area contributed by atoms with Crippen molar-refractivity contribution >= 4 is 5.91 Å². The normalized spacial score (nSPS) is 21.9. The summed E-state index contributed by atoms with van der Waals surface area (Å²) in [5.74, 6) is 0.682. The summed E-state index contributed by atoms with van der Waals surface area (Å²) in [4.78, 5) is 13.7. The first-order chi connectivity index (χ1) is 7.26. The van der Waals surface area contributed by atoms with Crippen molar-refractivity contribution < 1.29 is 9.90 Å². The van der Waals surface area contributed by atoms with Crippen molar-refractivity contribution in [2.75, 3.05) is 32.8 Å². The second kappa shape index (κ2) is 6.80. The van der Waals surface area contributed by atoms with Crippen LogP contribution < -0.4 is 5.32 Å². The molecule has 1 rings (SSSR count). The Morgan fingerprint density at radius 1 is 1.60 bits per heavy atom. The number of rotatable bonds is 6. The Balaban J connectivity index is 2.07. The standard InChI is InChI=1S/C11H22N2O2/c1-2-13-6-5-10(9-13)8-12-11(15)4-3-7-14/h10,14H,2-9H2,1H3,(H,12,15). The molecular formula is C11H22N2O2. The predicted molar refractivity (Wildman–Crippen MR) is 59.6 cm³/mol. The quantitative estimate of drug-likeness (QED) is 0.665. The van der Waals surface area contributed by atoms with E-state index in [1.54, 1.807) is 0 Å². The molecule has 0 bridgehead atoms. The van der Waals surface area contributed by atoms with Gasteiger partial charge in [0.1, 0.15) is 0 Å². The summed E-state index contributed by atoms with van der Waals surface area (Å²) < 4.78 is 0. The Bertz CT molecular complexity index is 197. The number of hydrogen-bond donors (Lipinski definition) is 2. The highest BCUT2D eigenvalue weighted by Crippen LogP contribution is 2.14. The maximum atomic E-state index is 11.3. The number of likely N-dealkylation sites (tertiary alicyclic amines) is 1. The minimum absolute atomic E-state index is 0.0685. The summed E-state index contributed by atoms with van der Waals surface area (Å²) in [6.45, 7) is 6.43. The number of hydrogen-bond acceptors (Lipinski definition) is 3. The van der Waals surface area contributed by atoms with Gasteiger partial charge in [-0.05, 0) is 31.8 Å². The smallest absolute Gasteiger partial charge is 0.220 e. The Kier molecular flexibility index (Phi) is 5.65. The molecular weight excluding hydrogens is 192 g/mol. The Morgan fingerprint density at radius 2 is 2.40 bits per heavy atom. The van der Waals surface area contributed by atoms with Crippen LogP contribution in [0.5, 0.6) is 0 Å². The summed E-state index contributed by atoms with van der Waals surface area (Å²) in [5, 5.41) is 11.5. The zero-order valence-electron chi connectivity index (χ0n) is 9.54. The number of amides is 1. The lowest BCUT2D eigenvalue weighted by Crippen LogP contribution is -2.30. The minimum atomic E-state index is 0.0685. The van der Waals surface area contributed by atoms with Crippen LogP contribution in [0.4, 0.5) is 0 Å². The number of nitrogens with one attached hydrogen (secondary N) is 1. The van der Waals surface area contributed by atoms with Crippen molar-refractivity contribution in [1.82, 2.24) is 10.2 Å². The summed E-state index contributed by atoms with van der Waals surface area (Å²) in [6.07, 6.45) is 2.20. The van der Waals surface area contributed by atoms with E-state index in [2.05, 4.69) is 17.1 Å². The van der Waals surface area contributed by atoms with E-state index in [1.165, 1.54) is 6.42 Å². The van der Waals surface area contributed by atoms with Gasteiger partial charge in [0.05, 0.1) is 0 Å². The van der Waals surface area contributed by atoms with Gasteiger partial charge in [0.2, 0.25) is 5.91 Å². The van der Waals surface area contributed by atoms with Crippen molar-refractivity contribution in [3.8, 4) is 0 Å². The van der Waals surface area contributed by atoms with Gasteiger partial charge in [-0.25, -0.2) is 0 Å². The molecule has 1 amide bonds. The second-order valence-electron chi connectivity index (χ2n) is 4.18. The first-order valence-corrected chi connectivity index (χ1v) is 5.86. The Morgan fingerprint density at radius 3 is 3.00 bits per heavy atom. The lowest BCUT2D eigenvalue weighted by atomic mass is 10.1. The van der Waals surface area contributed by atoms with Gasteiger partial charge in [-0.1, -0.05) is 6.92 Å². The Labute approximate surface area is 91.6 Å². The highest BCUT2D eigenvalue weighted by molar-refractivity contribution is 5.75. The second-order valence-corrected chi connectivity index (χ2v) is 4.18. The van der Waals surface area contributed by atoms with E-state index in [0.717, 1.165) is 26.2 Å². The molecule has 0 aromatic heterocycles. The summed E-state index contributed by atoms with van der Waals surface area (Å²) in [6, 6.07) is 0. The van der Waals surface area contributed by atoms with E-state index in [1.807, 2.05) is 0 Å². The number of carbonyl (C=O) groups excluding carboxylic acids is 1. The van der Waals surface area contributed by atoms with Gasteiger partial charge < -0.3 is 15.3 Å². The molecule has 88 valence electrons. The van der Waals surface area contributed by atoms with Crippen molar-refractivity contribution in [2.45, 2.75) is 26.2 Å². The van der Waals surface area contributed by atoms with Crippen LogP contribution >= 0.6 is 0 Å². The topological polar surface area (TPSA) is 52.6 Å². The summed E-state index contributed by atoms with van der Waals surface area (Å²) in [5.41, 5.74) is 0. The summed E-state index contributed by atoms with van der Waals surface area (Å²) >= 11 is 0. The maximum Gasteiger partial charge on any atom is 0.220 e. The van der Waals surface area contributed by atoms with Gasteiger partial charge in [0, 0.05) is 26.1 Å². The third-order valence-corrected chi connectivity index (χ3v) is 2.97. The molecule has 0 aromatic rings. The first kappa shape index (κ1) is 12.5.